The average molecular weight is 417 g/mol. The normalized spacial score (nSPS) is 11.3. The Morgan fingerprint density at radius 1 is 1.10 bits per heavy atom. The van der Waals surface area contributed by atoms with E-state index in [2.05, 4.69) is 10.6 Å². The first-order valence-corrected chi connectivity index (χ1v) is 10.8. The topological polar surface area (TPSA) is 132 Å². The number of sulfone groups is 1. The molecule has 2 aromatic carbocycles. The first-order chi connectivity index (χ1) is 13.7. The number of furan rings is 1. The second kappa shape index (κ2) is 8.31. The van der Waals surface area contributed by atoms with Gasteiger partial charge in [0.1, 0.15) is 5.58 Å². The number of amides is 1. The minimum atomic E-state index is -3.37. The van der Waals surface area contributed by atoms with Crippen LogP contribution in [0.1, 0.15) is 16.1 Å². The van der Waals surface area contributed by atoms with Crippen LogP contribution in [0.15, 0.2) is 52.9 Å². The monoisotopic (exact) mass is 417 g/mol. The molecule has 0 unspecified atom stereocenters. The van der Waals surface area contributed by atoms with E-state index in [0.717, 1.165) is 6.26 Å². The SMILES string of the molecule is CS(=O)(=O)Cc1c(C(=O)NCCNc2ccc([N+](=O)[O-])cc2)oc2ccccc12. The molecule has 152 valence electrons. The standard InChI is InChI=1S/C19H19N3O6S/c1-29(26,27)12-16-15-4-2-3-5-17(15)28-18(16)19(23)21-11-10-20-13-6-8-14(9-7-13)22(24)25/h2-9,20H,10-12H2,1H3,(H,21,23). The van der Waals surface area contributed by atoms with Crippen LogP contribution < -0.4 is 10.6 Å². The van der Waals surface area contributed by atoms with Crippen LogP contribution in [0.25, 0.3) is 11.0 Å². The number of nitro benzene ring substituents is 1. The molecule has 1 amide bonds. The fourth-order valence-electron chi connectivity index (χ4n) is 2.85. The van der Waals surface area contributed by atoms with E-state index < -0.39 is 20.7 Å². The molecule has 3 aromatic rings. The van der Waals surface area contributed by atoms with Gasteiger partial charge in [-0.05, 0) is 18.2 Å². The number of para-hydroxylation sites is 1. The van der Waals surface area contributed by atoms with Crippen LogP contribution in [0.5, 0.6) is 0 Å². The molecular formula is C19H19N3O6S. The minimum absolute atomic E-state index is 0.00727. The Bertz CT molecular complexity index is 1150. The molecule has 10 heteroatoms. The Morgan fingerprint density at radius 2 is 1.79 bits per heavy atom. The fourth-order valence-corrected chi connectivity index (χ4v) is 3.66. The first kappa shape index (κ1) is 20.3. The predicted octanol–water partition coefficient (Wildman–Crippen LogP) is 2.73. The average Bonchev–Trinajstić information content (AvgIpc) is 3.02. The summed E-state index contributed by atoms with van der Waals surface area (Å²) in [6.45, 7) is 0.608. The Morgan fingerprint density at radius 3 is 2.45 bits per heavy atom. The van der Waals surface area contributed by atoms with Crippen LogP contribution in [-0.4, -0.2) is 38.6 Å². The van der Waals surface area contributed by atoms with Gasteiger partial charge in [-0.15, -0.1) is 0 Å². The molecule has 0 spiro atoms. The highest BCUT2D eigenvalue weighted by Gasteiger charge is 2.23. The summed E-state index contributed by atoms with van der Waals surface area (Å²) in [5, 5.41) is 17.0. The van der Waals surface area contributed by atoms with Gasteiger partial charge < -0.3 is 15.1 Å². The molecule has 2 N–H and O–H groups in total. The second-order valence-corrected chi connectivity index (χ2v) is 8.60. The van der Waals surface area contributed by atoms with Gasteiger partial charge in [-0.1, -0.05) is 18.2 Å². The van der Waals surface area contributed by atoms with Crippen molar-refractivity contribution in [2.45, 2.75) is 5.75 Å². The lowest BCUT2D eigenvalue weighted by Gasteiger charge is -2.08. The fraction of sp³-hybridized carbons (Fsp3) is 0.211. The number of hydrogen-bond donors (Lipinski definition) is 2. The molecule has 3 rings (SSSR count). The van der Waals surface area contributed by atoms with E-state index in [1.165, 1.54) is 12.1 Å². The zero-order valence-electron chi connectivity index (χ0n) is 15.5. The highest BCUT2D eigenvalue weighted by atomic mass is 32.2. The van der Waals surface area contributed by atoms with E-state index in [0.29, 0.717) is 28.8 Å². The van der Waals surface area contributed by atoms with Crippen LogP contribution in [-0.2, 0) is 15.6 Å². The van der Waals surface area contributed by atoms with E-state index >= 15 is 0 Å². The molecule has 0 saturated carbocycles. The van der Waals surface area contributed by atoms with Crippen molar-refractivity contribution in [1.82, 2.24) is 5.32 Å². The molecule has 0 radical (unpaired) electrons. The molecule has 0 aliphatic heterocycles. The van der Waals surface area contributed by atoms with Crippen molar-refractivity contribution < 1.29 is 22.6 Å². The lowest BCUT2D eigenvalue weighted by atomic mass is 10.1. The number of carbonyl (C=O) groups excluding carboxylic acids is 1. The van der Waals surface area contributed by atoms with Crippen molar-refractivity contribution in [1.29, 1.82) is 0 Å². The van der Waals surface area contributed by atoms with Gasteiger partial charge >= 0.3 is 0 Å². The summed E-state index contributed by atoms with van der Waals surface area (Å²) in [4.78, 5) is 22.7. The van der Waals surface area contributed by atoms with Crippen molar-refractivity contribution in [3.63, 3.8) is 0 Å². The first-order valence-electron chi connectivity index (χ1n) is 8.69. The van der Waals surface area contributed by atoms with Crippen molar-refractivity contribution >= 4 is 38.1 Å². The van der Waals surface area contributed by atoms with Crippen molar-refractivity contribution in [2.75, 3.05) is 24.7 Å². The van der Waals surface area contributed by atoms with E-state index in [4.69, 9.17) is 4.42 Å². The molecular weight excluding hydrogens is 398 g/mol. The van der Waals surface area contributed by atoms with E-state index in [-0.39, 0.29) is 23.7 Å². The van der Waals surface area contributed by atoms with Gasteiger partial charge in [0.05, 0.1) is 10.7 Å². The number of benzene rings is 2. The molecule has 0 saturated heterocycles. The summed E-state index contributed by atoms with van der Waals surface area (Å²) in [7, 11) is -3.37. The molecule has 1 aromatic heterocycles. The third-order valence-corrected chi connectivity index (χ3v) is 4.94. The number of nitro groups is 1. The molecule has 0 fully saturated rings. The lowest BCUT2D eigenvalue weighted by Crippen LogP contribution is -2.29. The van der Waals surface area contributed by atoms with E-state index in [9.17, 15) is 23.3 Å². The van der Waals surface area contributed by atoms with Gasteiger partial charge in [0, 0.05) is 48.1 Å². The molecule has 1 heterocycles. The van der Waals surface area contributed by atoms with E-state index in [1.807, 2.05) is 0 Å². The summed E-state index contributed by atoms with van der Waals surface area (Å²) in [6.07, 6.45) is 1.10. The Hall–Kier alpha value is -3.40. The number of carbonyl (C=O) groups is 1. The Balaban J connectivity index is 1.65. The number of anilines is 1. The lowest BCUT2D eigenvalue weighted by molar-refractivity contribution is -0.384. The van der Waals surface area contributed by atoms with Crippen molar-refractivity contribution in [2.24, 2.45) is 0 Å². The number of fused-ring (bicyclic) bond motifs is 1. The van der Waals surface area contributed by atoms with Crippen LogP contribution in [0.2, 0.25) is 0 Å². The van der Waals surface area contributed by atoms with Crippen LogP contribution in [0, 0.1) is 10.1 Å². The van der Waals surface area contributed by atoms with Gasteiger partial charge in [0.25, 0.3) is 11.6 Å². The third kappa shape index (κ3) is 5.11. The van der Waals surface area contributed by atoms with Crippen LogP contribution >= 0.6 is 0 Å². The number of hydrogen-bond acceptors (Lipinski definition) is 7. The van der Waals surface area contributed by atoms with Gasteiger partial charge in [-0.2, -0.15) is 0 Å². The highest BCUT2D eigenvalue weighted by molar-refractivity contribution is 7.89. The second-order valence-electron chi connectivity index (χ2n) is 6.46. The summed E-state index contributed by atoms with van der Waals surface area (Å²) < 4.78 is 29.1. The smallest absolute Gasteiger partial charge is 0.287 e. The number of non-ortho nitro benzene ring substituents is 1. The van der Waals surface area contributed by atoms with Gasteiger partial charge in [0.2, 0.25) is 0 Å². The molecule has 0 aliphatic rings. The maximum absolute atomic E-state index is 12.5. The number of nitrogens with zero attached hydrogens (tertiary/aromatic N) is 1. The maximum atomic E-state index is 12.5. The van der Waals surface area contributed by atoms with Crippen LogP contribution in [0.4, 0.5) is 11.4 Å². The van der Waals surface area contributed by atoms with E-state index in [1.54, 1.807) is 36.4 Å². The minimum Gasteiger partial charge on any atom is -0.451 e. The van der Waals surface area contributed by atoms with Gasteiger partial charge in [-0.25, -0.2) is 8.42 Å². The molecule has 0 aliphatic carbocycles. The van der Waals surface area contributed by atoms with Crippen molar-refractivity contribution in [3.8, 4) is 0 Å². The highest BCUT2D eigenvalue weighted by Crippen LogP contribution is 2.27. The maximum Gasteiger partial charge on any atom is 0.287 e. The summed E-state index contributed by atoms with van der Waals surface area (Å²) >= 11 is 0. The molecule has 9 nitrogen and oxygen atoms in total. The predicted molar refractivity (Wildman–Crippen MR) is 109 cm³/mol. The molecule has 0 bridgehead atoms. The zero-order valence-corrected chi connectivity index (χ0v) is 16.4. The quantitative estimate of drug-likeness (QED) is 0.327. The molecule has 29 heavy (non-hydrogen) atoms. The zero-order chi connectivity index (χ0) is 21.0. The Kier molecular flexibility index (Phi) is 5.83. The third-order valence-electron chi connectivity index (χ3n) is 4.13. The van der Waals surface area contributed by atoms with Crippen molar-refractivity contribution in [3.05, 3.63) is 70.0 Å². The summed E-state index contributed by atoms with van der Waals surface area (Å²) in [5.74, 6) is -0.828. The van der Waals surface area contributed by atoms with Crippen LogP contribution in [0.3, 0.4) is 0 Å². The summed E-state index contributed by atoms with van der Waals surface area (Å²) in [5.41, 5.74) is 1.45. The summed E-state index contributed by atoms with van der Waals surface area (Å²) in [6, 6.07) is 12.8. The molecule has 0 atom stereocenters. The number of rotatable bonds is 8. The number of nitrogens with one attached hydrogen (secondary N) is 2. The van der Waals surface area contributed by atoms with Gasteiger partial charge in [-0.3, -0.25) is 14.9 Å². The Labute approximate surface area is 166 Å². The largest absolute Gasteiger partial charge is 0.451 e. The van der Waals surface area contributed by atoms with Gasteiger partial charge in [0.15, 0.2) is 15.6 Å².